The van der Waals surface area contributed by atoms with Crippen LogP contribution in [0.15, 0.2) is 180 Å². The maximum absolute atomic E-state index is 6.54. The molecule has 4 heterocycles. The zero-order valence-corrected chi connectivity index (χ0v) is 32.6. The van der Waals surface area contributed by atoms with Crippen LogP contribution in [0.4, 0.5) is 0 Å². The number of hydrogen-bond donors (Lipinski definition) is 0. The zero-order chi connectivity index (χ0) is 39.3. The van der Waals surface area contributed by atoms with E-state index < -0.39 is 0 Å². The van der Waals surface area contributed by atoms with E-state index in [4.69, 9.17) is 24.4 Å². The Balaban J connectivity index is 0.908. The van der Waals surface area contributed by atoms with Crippen LogP contribution in [0.5, 0.6) is 0 Å². The molecule has 0 saturated heterocycles. The first kappa shape index (κ1) is 33.1. The summed E-state index contributed by atoms with van der Waals surface area (Å²) in [6, 6.07) is 61.1. The summed E-state index contributed by atoms with van der Waals surface area (Å²) in [5, 5.41) is 7.44. The average Bonchev–Trinajstić information content (AvgIpc) is 3.64. The second kappa shape index (κ2) is 12.8. The van der Waals surface area contributed by atoms with Gasteiger partial charge in [0.05, 0.1) is 11.0 Å². The van der Waals surface area contributed by atoms with Crippen LogP contribution in [-0.2, 0) is 0 Å². The molecule has 12 aromatic rings. The second-order valence-corrected chi connectivity index (χ2v) is 16.2. The summed E-state index contributed by atoms with van der Waals surface area (Å²) in [6.45, 7) is 0. The number of oxazole rings is 1. The molecule has 0 amide bonds. The van der Waals surface area contributed by atoms with Gasteiger partial charge in [-0.2, -0.15) is 0 Å². The fourth-order valence-electron chi connectivity index (χ4n) is 8.64. The summed E-state index contributed by atoms with van der Waals surface area (Å²) < 4.78 is 11.5. The van der Waals surface area contributed by atoms with Crippen molar-refractivity contribution in [3.8, 4) is 62.4 Å². The van der Waals surface area contributed by atoms with Gasteiger partial charge in [-0.25, -0.2) is 19.9 Å². The minimum atomic E-state index is 0.544. The molecule has 0 unspecified atom stereocenters. The van der Waals surface area contributed by atoms with Crippen molar-refractivity contribution in [2.45, 2.75) is 0 Å². The van der Waals surface area contributed by atoms with Gasteiger partial charge in [0.2, 0.25) is 5.89 Å². The van der Waals surface area contributed by atoms with Crippen LogP contribution in [0.3, 0.4) is 0 Å². The van der Waals surface area contributed by atoms with Crippen LogP contribution >= 0.6 is 11.3 Å². The van der Waals surface area contributed by atoms with Crippen LogP contribution in [0.2, 0.25) is 0 Å². The van der Waals surface area contributed by atoms with Crippen LogP contribution < -0.4 is 10.4 Å². The molecule has 6 nitrogen and oxygen atoms in total. The largest absolute Gasteiger partial charge is 0.436 e. The Morgan fingerprint density at radius 1 is 0.483 bits per heavy atom. The van der Waals surface area contributed by atoms with Gasteiger partial charge < -0.3 is 8.98 Å². The third-order valence-electron chi connectivity index (χ3n) is 11.5. The highest BCUT2D eigenvalue weighted by Crippen LogP contribution is 2.42. The molecule has 60 heavy (non-hydrogen) atoms. The smallest absolute Gasteiger partial charge is 0.227 e. The molecule has 0 aliphatic heterocycles. The Morgan fingerprint density at radius 2 is 1.17 bits per heavy atom. The summed E-state index contributed by atoms with van der Waals surface area (Å²) in [4.78, 5) is 19.7. The van der Waals surface area contributed by atoms with Crippen LogP contribution in [0.1, 0.15) is 0 Å². The fraction of sp³-hybridized carbons (Fsp3) is 0. The molecule has 0 N–H and O–H groups in total. The van der Waals surface area contributed by atoms with E-state index in [0.29, 0.717) is 28.9 Å². The van der Waals surface area contributed by atoms with Crippen LogP contribution in [0.25, 0.3) is 121 Å². The fourth-order valence-corrected chi connectivity index (χ4v) is 9.88. The van der Waals surface area contributed by atoms with E-state index >= 15 is 0 Å². The number of thiophene rings is 1. The number of fused-ring (bicyclic) bond motifs is 9. The molecular formula is C53H29N5OS. The lowest BCUT2D eigenvalue weighted by Gasteiger charge is -2.10. The van der Waals surface area contributed by atoms with Crippen molar-refractivity contribution in [1.29, 1.82) is 0 Å². The molecule has 13 rings (SSSR count). The molecule has 278 valence electrons. The highest BCUT2D eigenvalue weighted by Gasteiger charge is 2.20. The highest BCUT2D eigenvalue weighted by molar-refractivity contribution is 7.26. The van der Waals surface area contributed by atoms with E-state index in [1.165, 1.54) is 52.5 Å². The molecule has 1 aliphatic carbocycles. The van der Waals surface area contributed by atoms with Crippen molar-refractivity contribution in [2.24, 2.45) is 0 Å². The van der Waals surface area contributed by atoms with E-state index in [0.717, 1.165) is 44.5 Å². The number of hydrogen-bond acceptors (Lipinski definition) is 6. The first-order valence-corrected chi connectivity index (χ1v) is 20.7. The van der Waals surface area contributed by atoms with Crippen molar-refractivity contribution in [1.82, 2.24) is 24.5 Å². The summed E-state index contributed by atoms with van der Waals surface area (Å²) in [5.41, 5.74) is 14.3. The molecule has 0 atom stereocenters. The Kier molecular flexibility index (Phi) is 7.04. The maximum Gasteiger partial charge on any atom is 0.227 e. The molecule has 8 aromatic carbocycles. The Labute approximate surface area is 346 Å². The predicted octanol–water partition coefficient (Wildman–Crippen LogP) is 11.9. The standard InChI is InChI=1S/C53H29N5OS/c1-3-11-31(12-4-1)50-55-51(32-13-5-2-6-14-32)57-52(56-50)35-21-24-43-46(30-35)59-53(54-43)36-15-9-16-37(27-36)58-44-25-22-33(29-42(44)48-41-28-34(41)23-26-45(48)58)38-18-10-19-40-39-17-7-8-20-47(39)60-49(38)40/h1-27,29-30H. The number of rotatable bonds is 6. The zero-order valence-electron chi connectivity index (χ0n) is 31.8. The quantitative estimate of drug-likeness (QED) is 0.168. The minimum absolute atomic E-state index is 0.544. The van der Waals surface area contributed by atoms with Gasteiger partial charge in [-0.05, 0) is 77.9 Å². The lowest BCUT2D eigenvalue weighted by molar-refractivity contribution is 0.620. The summed E-state index contributed by atoms with van der Waals surface area (Å²) in [6.07, 6.45) is 0. The van der Waals surface area contributed by atoms with Crippen LogP contribution in [0, 0.1) is 0 Å². The van der Waals surface area contributed by atoms with Crippen molar-refractivity contribution in [3.05, 3.63) is 186 Å². The maximum atomic E-state index is 6.54. The third-order valence-corrected chi connectivity index (χ3v) is 12.8. The second-order valence-electron chi connectivity index (χ2n) is 15.1. The number of aromatic nitrogens is 5. The minimum Gasteiger partial charge on any atom is -0.436 e. The highest BCUT2D eigenvalue weighted by atomic mass is 32.1. The molecule has 0 fully saturated rings. The monoisotopic (exact) mass is 783 g/mol. The molecule has 0 spiro atoms. The van der Waals surface area contributed by atoms with Gasteiger partial charge in [-0.3, -0.25) is 0 Å². The Bertz CT molecular complexity index is 3820. The van der Waals surface area contributed by atoms with E-state index in [1.54, 1.807) is 0 Å². The van der Waals surface area contributed by atoms with E-state index in [9.17, 15) is 0 Å². The molecule has 4 aromatic heterocycles. The summed E-state index contributed by atoms with van der Waals surface area (Å²) >= 11 is 1.87. The van der Waals surface area contributed by atoms with Crippen molar-refractivity contribution in [3.63, 3.8) is 0 Å². The molecule has 7 heteroatoms. The van der Waals surface area contributed by atoms with Gasteiger partial charge in [-0.1, -0.05) is 109 Å². The molecule has 0 bridgehead atoms. The summed E-state index contributed by atoms with van der Waals surface area (Å²) in [7, 11) is 0. The first-order valence-electron chi connectivity index (χ1n) is 19.9. The lowest BCUT2D eigenvalue weighted by atomic mass is 10.0. The van der Waals surface area contributed by atoms with Gasteiger partial charge in [-0.15, -0.1) is 17.1 Å². The molecule has 1 aliphatic rings. The van der Waals surface area contributed by atoms with Gasteiger partial charge >= 0.3 is 0 Å². The normalized spacial score (nSPS) is 12.0. The number of benzene rings is 8. The third kappa shape index (κ3) is 5.21. The summed E-state index contributed by atoms with van der Waals surface area (Å²) in [5.74, 6) is 2.33. The molecular weight excluding hydrogens is 755 g/mol. The van der Waals surface area contributed by atoms with E-state index in [-0.39, 0.29) is 0 Å². The molecule has 0 saturated carbocycles. The number of nitrogens with zero attached hydrogens (tertiary/aromatic N) is 5. The molecule has 0 radical (unpaired) electrons. The van der Waals surface area contributed by atoms with E-state index in [1.807, 2.05) is 90.2 Å². The SMILES string of the molecule is C1=c2ccc3c(c2=1)c1cc(-c2cccc4c2sc2ccccc24)ccc1n3-c1cccc(-c2nc3ccc(-c4nc(-c5ccccc5)nc(-c5ccccc5)n4)cc3o2)c1. The average molecular weight is 784 g/mol. The van der Waals surface area contributed by atoms with Gasteiger partial charge in [0.1, 0.15) is 5.52 Å². The Hall–Kier alpha value is -7.96. The van der Waals surface area contributed by atoms with Gasteiger partial charge in [0.15, 0.2) is 23.1 Å². The van der Waals surface area contributed by atoms with Crippen LogP contribution in [-0.4, -0.2) is 24.5 Å². The first-order chi connectivity index (χ1) is 29.7. The predicted molar refractivity (Wildman–Crippen MR) is 244 cm³/mol. The van der Waals surface area contributed by atoms with Crippen molar-refractivity contribution in [2.75, 3.05) is 0 Å². The van der Waals surface area contributed by atoms with E-state index in [2.05, 4.69) is 107 Å². The van der Waals surface area contributed by atoms with Crippen molar-refractivity contribution >= 4 is 70.1 Å². The lowest BCUT2D eigenvalue weighted by Crippen LogP contribution is -2.07. The van der Waals surface area contributed by atoms with Crippen molar-refractivity contribution < 1.29 is 4.42 Å². The topological polar surface area (TPSA) is 69.6 Å². The van der Waals surface area contributed by atoms with Gasteiger partial charge in [0, 0.05) is 69.3 Å². The van der Waals surface area contributed by atoms with Gasteiger partial charge in [0.25, 0.3) is 0 Å². The Morgan fingerprint density at radius 3 is 1.98 bits per heavy atom.